The zero-order valence-electron chi connectivity index (χ0n) is 10.2. The first kappa shape index (κ1) is 14.7. The van der Waals surface area contributed by atoms with Crippen LogP contribution in [0.5, 0.6) is 0 Å². The average molecular weight is 232 g/mol. The predicted molar refractivity (Wildman–Crippen MR) is 59.3 cm³/mol. The van der Waals surface area contributed by atoms with Crippen LogP contribution in [0, 0.1) is 0 Å². The van der Waals surface area contributed by atoms with E-state index >= 15 is 0 Å². The lowest BCUT2D eigenvalue weighted by molar-refractivity contribution is -0.138. The number of hydrogen-bond acceptors (Lipinski definition) is 4. The molecule has 1 atom stereocenters. The summed E-state index contributed by atoms with van der Waals surface area (Å²) in [5.74, 6) is -0.919. The van der Waals surface area contributed by atoms with Crippen LogP contribution < -0.4 is 10.6 Å². The maximum absolute atomic E-state index is 11.2. The lowest BCUT2D eigenvalue weighted by Gasteiger charge is -2.19. The zero-order chi connectivity index (χ0) is 12.8. The first-order valence-corrected chi connectivity index (χ1v) is 5.15. The first-order chi connectivity index (χ1) is 7.22. The third kappa shape index (κ3) is 8.05. The first-order valence-electron chi connectivity index (χ1n) is 5.15. The van der Waals surface area contributed by atoms with Crippen LogP contribution in [0.3, 0.4) is 0 Å². The highest BCUT2D eigenvalue weighted by Crippen LogP contribution is 2.05. The molecule has 0 aromatic heterocycles. The van der Waals surface area contributed by atoms with Gasteiger partial charge >= 0.3 is 12.1 Å². The van der Waals surface area contributed by atoms with Crippen molar-refractivity contribution in [3.05, 3.63) is 0 Å². The number of carbonyl (C=O) groups excluding carboxylic acids is 1. The van der Waals surface area contributed by atoms with Crippen molar-refractivity contribution in [3.8, 4) is 0 Å². The standard InChI is InChI=1S/C10H20N2O4/c1-7(8(13)14)11-5-6-12-9(15)16-10(2,3)4/h7,11H,5-6H2,1-4H3,(H,12,15)(H,13,14). The maximum Gasteiger partial charge on any atom is 0.407 e. The lowest BCUT2D eigenvalue weighted by Crippen LogP contribution is -2.40. The number of nitrogens with one attached hydrogen (secondary N) is 2. The number of carboxylic acid groups (broad SMARTS) is 1. The number of alkyl carbamates (subject to hydrolysis) is 1. The van der Waals surface area contributed by atoms with Crippen LogP contribution in [0.15, 0.2) is 0 Å². The SMILES string of the molecule is CC(NCCNC(=O)OC(C)(C)C)C(=O)O. The number of ether oxygens (including phenoxy) is 1. The Morgan fingerprint density at radius 1 is 1.31 bits per heavy atom. The molecule has 6 heteroatoms. The van der Waals surface area contributed by atoms with Gasteiger partial charge in [0.25, 0.3) is 0 Å². The molecule has 1 unspecified atom stereocenters. The molecule has 0 heterocycles. The number of carboxylic acids is 1. The molecule has 0 rings (SSSR count). The third-order valence-electron chi connectivity index (χ3n) is 1.61. The zero-order valence-corrected chi connectivity index (χ0v) is 10.2. The van der Waals surface area contributed by atoms with Crippen molar-refractivity contribution in [1.29, 1.82) is 0 Å². The summed E-state index contributed by atoms with van der Waals surface area (Å²) in [7, 11) is 0. The van der Waals surface area contributed by atoms with Crippen LogP contribution >= 0.6 is 0 Å². The largest absolute Gasteiger partial charge is 0.480 e. The Bertz CT molecular complexity index is 248. The van der Waals surface area contributed by atoms with Crippen molar-refractivity contribution in [2.45, 2.75) is 39.3 Å². The normalized spacial score (nSPS) is 13.0. The van der Waals surface area contributed by atoms with Gasteiger partial charge in [-0.25, -0.2) is 4.79 Å². The van der Waals surface area contributed by atoms with Crippen molar-refractivity contribution >= 4 is 12.1 Å². The Hall–Kier alpha value is -1.30. The van der Waals surface area contributed by atoms with Crippen molar-refractivity contribution in [1.82, 2.24) is 10.6 Å². The highest BCUT2D eigenvalue weighted by Gasteiger charge is 2.15. The fourth-order valence-electron chi connectivity index (χ4n) is 0.855. The van der Waals surface area contributed by atoms with Crippen molar-refractivity contribution in [3.63, 3.8) is 0 Å². The minimum atomic E-state index is -0.919. The molecule has 6 nitrogen and oxygen atoms in total. The molecule has 0 aliphatic rings. The number of aliphatic carboxylic acids is 1. The molecule has 0 radical (unpaired) electrons. The maximum atomic E-state index is 11.2. The van der Waals surface area contributed by atoms with Crippen molar-refractivity contribution in [2.24, 2.45) is 0 Å². The van der Waals surface area contributed by atoms with Gasteiger partial charge in [-0.1, -0.05) is 0 Å². The molecule has 3 N–H and O–H groups in total. The number of carbonyl (C=O) groups is 2. The molecule has 0 aliphatic heterocycles. The molecule has 0 bridgehead atoms. The minimum Gasteiger partial charge on any atom is -0.480 e. The Morgan fingerprint density at radius 3 is 2.31 bits per heavy atom. The second-order valence-corrected chi connectivity index (χ2v) is 4.44. The predicted octanol–water partition coefficient (Wildman–Crippen LogP) is 0.574. The fourth-order valence-corrected chi connectivity index (χ4v) is 0.855. The lowest BCUT2D eigenvalue weighted by atomic mass is 10.2. The topological polar surface area (TPSA) is 87.7 Å². The molecule has 0 aliphatic carbocycles. The monoisotopic (exact) mass is 232 g/mol. The molecule has 0 spiro atoms. The summed E-state index contributed by atoms with van der Waals surface area (Å²) in [6.45, 7) is 7.57. The van der Waals surface area contributed by atoms with Crippen molar-refractivity contribution in [2.75, 3.05) is 13.1 Å². The number of amides is 1. The molecule has 0 saturated carbocycles. The van der Waals surface area contributed by atoms with Crippen LogP contribution in [0.25, 0.3) is 0 Å². The van der Waals surface area contributed by atoms with E-state index in [1.54, 1.807) is 20.8 Å². The van der Waals surface area contributed by atoms with Crippen LogP contribution in [0.2, 0.25) is 0 Å². The van der Waals surface area contributed by atoms with Crippen molar-refractivity contribution < 1.29 is 19.4 Å². The van der Waals surface area contributed by atoms with E-state index < -0.39 is 23.7 Å². The van der Waals surface area contributed by atoms with Gasteiger partial charge in [0.1, 0.15) is 11.6 Å². The highest BCUT2D eigenvalue weighted by molar-refractivity contribution is 5.72. The highest BCUT2D eigenvalue weighted by atomic mass is 16.6. The molecule has 0 aromatic rings. The van der Waals surface area contributed by atoms with Crippen LogP contribution in [-0.2, 0) is 9.53 Å². The van der Waals surface area contributed by atoms with E-state index in [0.29, 0.717) is 13.1 Å². The van der Waals surface area contributed by atoms with E-state index in [1.165, 1.54) is 6.92 Å². The van der Waals surface area contributed by atoms with Gasteiger partial charge in [0, 0.05) is 13.1 Å². The Kier molecular flexibility index (Phi) is 5.81. The summed E-state index contributed by atoms with van der Waals surface area (Å²) in [5, 5.41) is 13.8. The van der Waals surface area contributed by atoms with Gasteiger partial charge in [0.2, 0.25) is 0 Å². The average Bonchev–Trinajstić information content (AvgIpc) is 2.08. The molecule has 0 fully saturated rings. The summed E-state index contributed by atoms with van der Waals surface area (Å²) in [6.07, 6.45) is -0.503. The quantitative estimate of drug-likeness (QED) is 0.603. The van der Waals surface area contributed by atoms with E-state index in [1.807, 2.05) is 0 Å². The van der Waals surface area contributed by atoms with Gasteiger partial charge in [-0.15, -0.1) is 0 Å². The molecule has 94 valence electrons. The minimum absolute atomic E-state index is 0.326. The smallest absolute Gasteiger partial charge is 0.407 e. The summed E-state index contributed by atoms with van der Waals surface area (Å²) in [5.41, 5.74) is -0.522. The fraction of sp³-hybridized carbons (Fsp3) is 0.800. The van der Waals surface area contributed by atoms with Crippen LogP contribution in [-0.4, -0.2) is 41.9 Å². The van der Waals surface area contributed by atoms with E-state index in [0.717, 1.165) is 0 Å². The summed E-state index contributed by atoms with van der Waals surface area (Å²) >= 11 is 0. The van der Waals surface area contributed by atoms with Gasteiger partial charge in [0.05, 0.1) is 0 Å². The summed E-state index contributed by atoms with van der Waals surface area (Å²) in [4.78, 5) is 21.6. The van der Waals surface area contributed by atoms with E-state index in [2.05, 4.69) is 10.6 Å². The van der Waals surface area contributed by atoms with Gasteiger partial charge in [-0.2, -0.15) is 0 Å². The van der Waals surface area contributed by atoms with E-state index in [4.69, 9.17) is 9.84 Å². The van der Waals surface area contributed by atoms with Crippen LogP contribution in [0.4, 0.5) is 4.79 Å². The Labute approximate surface area is 95.4 Å². The number of hydrogen-bond donors (Lipinski definition) is 3. The molecule has 16 heavy (non-hydrogen) atoms. The van der Waals surface area contributed by atoms with Gasteiger partial charge in [-0.3, -0.25) is 4.79 Å². The molecule has 1 amide bonds. The van der Waals surface area contributed by atoms with Gasteiger partial charge in [0.15, 0.2) is 0 Å². The van der Waals surface area contributed by atoms with E-state index in [9.17, 15) is 9.59 Å². The van der Waals surface area contributed by atoms with E-state index in [-0.39, 0.29) is 0 Å². The Balaban J connectivity index is 3.60. The van der Waals surface area contributed by atoms with Gasteiger partial charge < -0.3 is 20.5 Å². The molecular formula is C10H20N2O4. The Morgan fingerprint density at radius 2 is 1.88 bits per heavy atom. The second-order valence-electron chi connectivity index (χ2n) is 4.44. The molecule has 0 aromatic carbocycles. The second kappa shape index (κ2) is 6.32. The number of rotatable bonds is 5. The molecule has 0 saturated heterocycles. The molecular weight excluding hydrogens is 212 g/mol. The summed E-state index contributed by atoms with van der Waals surface area (Å²) < 4.78 is 5.00. The van der Waals surface area contributed by atoms with Crippen LogP contribution in [0.1, 0.15) is 27.7 Å². The summed E-state index contributed by atoms with van der Waals surface area (Å²) in [6, 6.07) is -0.625. The van der Waals surface area contributed by atoms with Gasteiger partial charge in [-0.05, 0) is 27.7 Å². The third-order valence-corrected chi connectivity index (χ3v) is 1.61.